The highest BCUT2D eigenvalue weighted by molar-refractivity contribution is 7.13. The topological polar surface area (TPSA) is 181 Å². The van der Waals surface area contributed by atoms with Gasteiger partial charge in [0.1, 0.15) is 39.8 Å². The molecule has 0 spiro atoms. The van der Waals surface area contributed by atoms with E-state index < -0.39 is 53.0 Å². The van der Waals surface area contributed by atoms with Gasteiger partial charge >= 0.3 is 12.0 Å². The molecule has 5 atom stereocenters. The fourth-order valence-electron chi connectivity index (χ4n) is 6.69. The summed E-state index contributed by atoms with van der Waals surface area (Å²) in [4.78, 5) is 61.5. The zero-order valence-corrected chi connectivity index (χ0v) is 29.5. The minimum absolute atomic E-state index is 0.0768. The Morgan fingerprint density at radius 1 is 1.10 bits per heavy atom. The van der Waals surface area contributed by atoms with Gasteiger partial charge in [-0.05, 0) is 70.7 Å². The number of carbonyl (C=O) groups is 4. The van der Waals surface area contributed by atoms with Crippen LogP contribution in [-0.2, 0) is 14.4 Å². The number of urea groups is 1. The average Bonchev–Trinajstić information content (AvgIpc) is 3.52. The van der Waals surface area contributed by atoms with E-state index in [0.29, 0.717) is 35.0 Å². The van der Waals surface area contributed by atoms with Crippen LogP contribution in [0.4, 0.5) is 4.79 Å². The van der Waals surface area contributed by atoms with Crippen LogP contribution in [-0.4, -0.2) is 90.6 Å². The first kappa shape index (κ1) is 35.1. The number of carbonyl (C=O) groups excluding carboxylic acids is 3. The van der Waals surface area contributed by atoms with Crippen molar-refractivity contribution in [3.8, 4) is 27.7 Å². The van der Waals surface area contributed by atoms with E-state index in [1.165, 1.54) is 21.0 Å². The number of amides is 4. The van der Waals surface area contributed by atoms with Crippen molar-refractivity contribution in [1.29, 1.82) is 0 Å². The number of fused-ring (bicyclic) bond motifs is 2. The summed E-state index contributed by atoms with van der Waals surface area (Å²) >= 11 is 1.42. The van der Waals surface area contributed by atoms with Gasteiger partial charge in [-0.3, -0.25) is 9.59 Å². The molecule has 4 amide bonds. The quantitative estimate of drug-likeness (QED) is 0.274. The van der Waals surface area contributed by atoms with Gasteiger partial charge in [-0.15, -0.1) is 16.4 Å². The molecular formula is C35H44N8O6S. The van der Waals surface area contributed by atoms with Crippen LogP contribution in [0.5, 0.6) is 5.75 Å². The fraction of sp³-hybridized carbons (Fsp3) is 0.514. The number of nitrogens with one attached hydrogen (secondary N) is 3. The molecule has 1 aromatic carbocycles. The van der Waals surface area contributed by atoms with E-state index in [1.807, 2.05) is 62.6 Å². The minimum atomic E-state index is -1.44. The van der Waals surface area contributed by atoms with E-state index in [1.54, 1.807) is 13.3 Å². The zero-order valence-electron chi connectivity index (χ0n) is 28.7. The number of benzene rings is 1. The smallest absolute Gasteiger partial charge is 0.330 e. The molecule has 266 valence electrons. The van der Waals surface area contributed by atoms with Crippen LogP contribution in [0.1, 0.15) is 71.8 Å². The SMILES string of the molecule is COc1ccc(-c2nn([C@@H]3C[C@H]4C(=O)N[C@]5(C(=O)O)C[C@H]5/C=C\CCCCC[C@H](NC(=O)NC(C)(C)C)C(=O)N4C3)nc2-c2nccs2)cc1. The number of hydrogen-bond acceptors (Lipinski definition) is 9. The van der Waals surface area contributed by atoms with Crippen LogP contribution in [0.25, 0.3) is 22.0 Å². The van der Waals surface area contributed by atoms with Crippen molar-refractivity contribution < 1.29 is 29.0 Å². The molecule has 3 aliphatic rings. The monoisotopic (exact) mass is 704 g/mol. The van der Waals surface area contributed by atoms with Gasteiger partial charge < -0.3 is 30.7 Å². The first-order chi connectivity index (χ1) is 23.9. The standard InChI is InChI=1S/C35H44N8O6S/c1-34(2,3)39-33(48)37-25-11-9-7-5-6-8-10-22-19-35(22,32(46)47)38-29(44)26-18-23(20-42(26)31(25)45)43-40-27(21-12-14-24(49-4)15-13-21)28(41-43)30-36-16-17-50-30/h8,10,12-17,22-23,25-26H,5-7,9,11,18-20H2,1-4H3,(H,38,44)(H,46,47)(H2,37,39,48)/b10-8-/t22-,23-,25+,26+,35-/m1/s1. The summed E-state index contributed by atoms with van der Waals surface area (Å²) in [5, 5.41) is 31.0. The molecule has 2 aromatic heterocycles. The molecule has 2 fully saturated rings. The molecule has 1 saturated carbocycles. The maximum absolute atomic E-state index is 14.4. The molecule has 1 saturated heterocycles. The maximum atomic E-state index is 14.4. The highest BCUT2D eigenvalue weighted by Crippen LogP contribution is 2.45. The largest absolute Gasteiger partial charge is 0.497 e. The van der Waals surface area contributed by atoms with E-state index in [9.17, 15) is 24.3 Å². The fourth-order valence-corrected chi connectivity index (χ4v) is 7.31. The predicted octanol–water partition coefficient (Wildman–Crippen LogP) is 4.17. The Kier molecular flexibility index (Phi) is 9.96. The van der Waals surface area contributed by atoms with E-state index in [4.69, 9.17) is 14.9 Å². The van der Waals surface area contributed by atoms with Gasteiger partial charge in [0.05, 0.1) is 13.2 Å². The Bertz CT molecular complexity index is 1750. The Morgan fingerprint density at radius 3 is 2.54 bits per heavy atom. The number of carboxylic acid groups (broad SMARTS) is 1. The number of ether oxygens (including phenoxy) is 1. The molecule has 4 N–H and O–H groups in total. The summed E-state index contributed by atoms with van der Waals surface area (Å²) in [5.41, 5.74) is -0.0439. The Hall–Kier alpha value is -4.79. The van der Waals surface area contributed by atoms with Gasteiger partial charge in [0, 0.05) is 41.6 Å². The highest BCUT2D eigenvalue weighted by Gasteiger charge is 2.61. The molecule has 50 heavy (non-hydrogen) atoms. The number of nitrogens with zero attached hydrogens (tertiary/aromatic N) is 5. The third-order valence-electron chi connectivity index (χ3n) is 9.39. The Morgan fingerprint density at radius 2 is 1.86 bits per heavy atom. The lowest BCUT2D eigenvalue weighted by Gasteiger charge is -2.30. The van der Waals surface area contributed by atoms with Crippen molar-refractivity contribution in [2.24, 2.45) is 5.92 Å². The van der Waals surface area contributed by atoms with E-state index in [2.05, 4.69) is 20.9 Å². The summed E-state index contributed by atoms with van der Waals surface area (Å²) in [6.45, 7) is 5.63. The van der Waals surface area contributed by atoms with Crippen LogP contribution < -0.4 is 20.7 Å². The number of aromatic nitrogens is 4. The number of methoxy groups -OCH3 is 1. The van der Waals surface area contributed by atoms with Crippen LogP contribution in [0.2, 0.25) is 0 Å². The number of allylic oxidation sites excluding steroid dienone is 1. The Labute approximate surface area is 294 Å². The highest BCUT2D eigenvalue weighted by atomic mass is 32.1. The molecule has 4 heterocycles. The summed E-state index contributed by atoms with van der Waals surface area (Å²) in [6, 6.07) is 4.49. The minimum Gasteiger partial charge on any atom is -0.497 e. The normalized spacial score (nSPS) is 26.4. The lowest BCUT2D eigenvalue weighted by atomic mass is 10.0. The zero-order chi connectivity index (χ0) is 35.6. The van der Waals surface area contributed by atoms with E-state index >= 15 is 0 Å². The van der Waals surface area contributed by atoms with Crippen molar-refractivity contribution in [3.05, 3.63) is 48.0 Å². The van der Waals surface area contributed by atoms with Crippen LogP contribution in [0.15, 0.2) is 48.0 Å². The van der Waals surface area contributed by atoms with E-state index in [-0.39, 0.29) is 25.3 Å². The average molecular weight is 705 g/mol. The number of aliphatic carboxylic acids is 1. The number of carboxylic acids is 1. The molecule has 1 aliphatic carbocycles. The van der Waals surface area contributed by atoms with Crippen molar-refractivity contribution in [1.82, 2.24) is 40.8 Å². The number of rotatable bonds is 6. The van der Waals surface area contributed by atoms with Crippen LogP contribution in [0.3, 0.4) is 0 Å². The summed E-state index contributed by atoms with van der Waals surface area (Å²) in [7, 11) is 1.59. The molecule has 6 rings (SSSR count). The molecule has 3 aromatic rings. The van der Waals surface area contributed by atoms with Crippen molar-refractivity contribution in [2.45, 2.75) is 94.9 Å². The first-order valence-electron chi connectivity index (χ1n) is 17.0. The number of hydrogen-bond donors (Lipinski definition) is 4. The van der Waals surface area contributed by atoms with E-state index in [0.717, 1.165) is 24.8 Å². The van der Waals surface area contributed by atoms with Gasteiger partial charge in [-0.2, -0.15) is 9.90 Å². The molecular weight excluding hydrogens is 661 g/mol. The second-order valence-corrected chi connectivity index (χ2v) is 15.1. The molecule has 0 bridgehead atoms. The lowest BCUT2D eigenvalue weighted by molar-refractivity contribution is -0.145. The second kappa shape index (κ2) is 14.2. The van der Waals surface area contributed by atoms with Gasteiger partial charge in [-0.1, -0.05) is 25.0 Å². The molecule has 0 radical (unpaired) electrons. The van der Waals surface area contributed by atoms with Crippen molar-refractivity contribution in [2.75, 3.05) is 13.7 Å². The predicted molar refractivity (Wildman–Crippen MR) is 186 cm³/mol. The molecule has 15 heteroatoms. The van der Waals surface area contributed by atoms with Gasteiger partial charge in [0.25, 0.3) is 0 Å². The van der Waals surface area contributed by atoms with Crippen molar-refractivity contribution >= 4 is 35.2 Å². The maximum Gasteiger partial charge on any atom is 0.330 e. The van der Waals surface area contributed by atoms with Gasteiger partial charge in [0.2, 0.25) is 11.8 Å². The third-order valence-corrected chi connectivity index (χ3v) is 10.2. The summed E-state index contributed by atoms with van der Waals surface area (Å²) in [6.07, 6.45) is 9.44. The summed E-state index contributed by atoms with van der Waals surface area (Å²) in [5.74, 6) is -1.74. The van der Waals surface area contributed by atoms with Crippen LogP contribution >= 0.6 is 11.3 Å². The lowest BCUT2D eigenvalue weighted by Crippen LogP contribution is -2.58. The van der Waals surface area contributed by atoms with Crippen molar-refractivity contribution in [3.63, 3.8) is 0 Å². The van der Waals surface area contributed by atoms with Crippen LogP contribution in [0, 0.1) is 5.92 Å². The summed E-state index contributed by atoms with van der Waals surface area (Å²) < 4.78 is 5.33. The second-order valence-electron chi connectivity index (χ2n) is 14.2. The molecule has 2 aliphatic heterocycles. The first-order valence-corrected chi connectivity index (χ1v) is 17.9. The third kappa shape index (κ3) is 7.52. The molecule has 14 nitrogen and oxygen atoms in total. The molecule has 0 unspecified atom stereocenters. The Balaban J connectivity index is 1.35. The van der Waals surface area contributed by atoms with Gasteiger partial charge in [0.15, 0.2) is 0 Å². The van der Waals surface area contributed by atoms with Gasteiger partial charge in [-0.25, -0.2) is 14.6 Å². The number of thiazole rings is 1.